The predicted molar refractivity (Wildman–Crippen MR) is 110 cm³/mol. The molecule has 7 heteroatoms. The molecule has 3 aromatic carbocycles. The van der Waals surface area contributed by atoms with E-state index in [1.165, 1.54) is 0 Å². The fourth-order valence-corrected chi connectivity index (χ4v) is 2.89. The smallest absolute Gasteiger partial charge is 0.264 e. The molecule has 144 valence electrons. The van der Waals surface area contributed by atoms with Gasteiger partial charge < -0.3 is 14.6 Å². The molecule has 0 fully saturated rings. The first-order valence-electron chi connectivity index (χ1n) is 8.86. The van der Waals surface area contributed by atoms with Crippen LogP contribution in [0.4, 0.5) is 5.69 Å². The summed E-state index contributed by atoms with van der Waals surface area (Å²) in [6.45, 7) is 0.0429. The molecule has 4 rings (SSSR count). The van der Waals surface area contributed by atoms with Crippen molar-refractivity contribution in [2.75, 3.05) is 5.32 Å². The van der Waals surface area contributed by atoms with Gasteiger partial charge in [0.15, 0.2) is 6.61 Å². The van der Waals surface area contributed by atoms with Crippen molar-refractivity contribution in [3.05, 3.63) is 95.3 Å². The number of benzene rings is 3. The molecule has 6 nitrogen and oxygen atoms in total. The normalized spacial score (nSPS) is 10.5. The van der Waals surface area contributed by atoms with Crippen molar-refractivity contribution in [1.29, 1.82) is 0 Å². The van der Waals surface area contributed by atoms with E-state index in [4.69, 9.17) is 20.9 Å². The van der Waals surface area contributed by atoms with E-state index >= 15 is 0 Å². The van der Waals surface area contributed by atoms with E-state index in [1.807, 2.05) is 30.3 Å². The topological polar surface area (TPSA) is 77.2 Å². The molecule has 1 amide bonds. The van der Waals surface area contributed by atoms with Crippen molar-refractivity contribution in [1.82, 2.24) is 10.1 Å². The monoisotopic (exact) mass is 405 g/mol. The average molecular weight is 406 g/mol. The van der Waals surface area contributed by atoms with Crippen LogP contribution in [-0.2, 0) is 6.61 Å². The van der Waals surface area contributed by atoms with Crippen LogP contribution >= 0.6 is 11.6 Å². The minimum absolute atomic E-state index is 0.0429. The average Bonchev–Trinajstić information content (AvgIpc) is 3.22. The third kappa shape index (κ3) is 4.62. The second-order valence-electron chi connectivity index (χ2n) is 6.13. The number of rotatable bonds is 6. The molecular formula is C22H16ClN3O3. The molecule has 29 heavy (non-hydrogen) atoms. The van der Waals surface area contributed by atoms with Crippen molar-refractivity contribution < 1.29 is 14.1 Å². The third-order valence-corrected chi connectivity index (χ3v) is 4.30. The first-order valence-corrected chi connectivity index (χ1v) is 9.23. The summed E-state index contributed by atoms with van der Waals surface area (Å²) >= 11 is 5.97. The zero-order chi connectivity index (χ0) is 20.1. The molecule has 0 aliphatic heterocycles. The van der Waals surface area contributed by atoms with Gasteiger partial charge in [-0.2, -0.15) is 4.98 Å². The predicted octanol–water partition coefficient (Wildman–Crippen LogP) is 5.22. The SMILES string of the molecule is O=C(Nc1cccc(Cl)c1)c1ccccc1OCc1nc(-c2ccccc2)no1. The van der Waals surface area contributed by atoms with Crippen molar-refractivity contribution in [2.45, 2.75) is 6.61 Å². The van der Waals surface area contributed by atoms with E-state index in [2.05, 4.69) is 15.5 Å². The van der Waals surface area contributed by atoms with Gasteiger partial charge in [0.05, 0.1) is 5.56 Å². The molecule has 1 N–H and O–H groups in total. The number of para-hydroxylation sites is 1. The van der Waals surface area contributed by atoms with Gasteiger partial charge in [0, 0.05) is 16.3 Å². The van der Waals surface area contributed by atoms with E-state index in [-0.39, 0.29) is 12.5 Å². The molecule has 4 aromatic rings. The van der Waals surface area contributed by atoms with Gasteiger partial charge in [-0.05, 0) is 30.3 Å². The largest absolute Gasteiger partial charge is 0.483 e. The Morgan fingerprint density at radius 1 is 1.00 bits per heavy atom. The van der Waals surface area contributed by atoms with Crippen LogP contribution in [0, 0.1) is 0 Å². The van der Waals surface area contributed by atoms with Crippen LogP contribution in [0.15, 0.2) is 83.4 Å². The highest BCUT2D eigenvalue weighted by Crippen LogP contribution is 2.22. The van der Waals surface area contributed by atoms with E-state index in [9.17, 15) is 4.79 Å². The van der Waals surface area contributed by atoms with Crippen LogP contribution in [0.25, 0.3) is 11.4 Å². The molecular weight excluding hydrogens is 390 g/mol. The lowest BCUT2D eigenvalue weighted by molar-refractivity contribution is 0.102. The summed E-state index contributed by atoms with van der Waals surface area (Å²) in [7, 11) is 0. The highest BCUT2D eigenvalue weighted by molar-refractivity contribution is 6.31. The molecule has 0 bridgehead atoms. The number of nitrogens with zero attached hydrogens (tertiary/aromatic N) is 2. The fourth-order valence-electron chi connectivity index (χ4n) is 2.70. The molecule has 0 saturated carbocycles. The summed E-state index contributed by atoms with van der Waals surface area (Å²) in [5.74, 6) is 0.898. The Labute approximate surface area is 172 Å². The quantitative estimate of drug-likeness (QED) is 0.475. The minimum atomic E-state index is -0.307. The number of nitrogens with one attached hydrogen (secondary N) is 1. The number of hydrogen-bond donors (Lipinski definition) is 1. The number of aromatic nitrogens is 2. The Bertz CT molecular complexity index is 1130. The zero-order valence-corrected chi connectivity index (χ0v) is 16.0. The van der Waals surface area contributed by atoms with Gasteiger partial charge >= 0.3 is 0 Å². The Morgan fingerprint density at radius 3 is 2.62 bits per heavy atom. The third-order valence-electron chi connectivity index (χ3n) is 4.07. The summed E-state index contributed by atoms with van der Waals surface area (Å²) in [6, 6.07) is 23.4. The van der Waals surface area contributed by atoms with Crippen LogP contribution in [0.2, 0.25) is 5.02 Å². The van der Waals surface area contributed by atoms with Gasteiger partial charge in [0.25, 0.3) is 11.8 Å². The maximum Gasteiger partial charge on any atom is 0.264 e. The molecule has 1 heterocycles. The number of hydrogen-bond acceptors (Lipinski definition) is 5. The van der Waals surface area contributed by atoms with Gasteiger partial charge in [-0.15, -0.1) is 0 Å². The lowest BCUT2D eigenvalue weighted by Gasteiger charge is -2.10. The van der Waals surface area contributed by atoms with Gasteiger partial charge in [0.2, 0.25) is 5.82 Å². The van der Waals surface area contributed by atoms with E-state index < -0.39 is 0 Å². The van der Waals surface area contributed by atoms with Crippen LogP contribution < -0.4 is 10.1 Å². The summed E-state index contributed by atoms with van der Waals surface area (Å²) in [5, 5.41) is 7.31. The van der Waals surface area contributed by atoms with Crippen LogP contribution in [0.1, 0.15) is 16.2 Å². The van der Waals surface area contributed by atoms with Crippen LogP contribution in [-0.4, -0.2) is 16.0 Å². The molecule has 0 atom stereocenters. The fraction of sp³-hybridized carbons (Fsp3) is 0.0455. The minimum Gasteiger partial charge on any atom is -0.483 e. The first kappa shape index (κ1) is 18.7. The number of ether oxygens (including phenoxy) is 1. The molecule has 0 unspecified atom stereocenters. The van der Waals surface area contributed by atoms with Gasteiger partial charge in [-0.25, -0.2) is 0 Å². The number of anilines is 1. The second-order valence-corrected chi connectivity index (χ2v) is 6.56. The van der Waals surface area contributed by atoms with E-state index in [0.717, 1.165) is 5.56 Å². The summed E-state index contributed by atoms with van der Waals surface area (Å²) in [5.41, 5.74) is 1.83. The zero-order valence-electron chi connectivity index (χ0n) is 15.2. The summed E-state index contributed by atoms with van der Waals surface area (Å²) in [4.78, 5) is 17.0. The molecule has 0 aliphatic carbocycles. The highest BCUT2D eigenvalue weighted by Gasteiger charge is 2.14. The highest BCUT2D eigenvalue weighted by atomic mass is 35.5. The van der Waals surface area contributed by atoms with Gasteiger partial charge in [-0.3, -0.25) is 4.79 Å². The standard InChI is InChI=1S/C22H16ClN3O3/c23-16-9-6-10-17(13-16)24-22(27)18-11-4-5-12-19(18)28-14-20-25-21(26-29-20)15-7-2-1-3-8-15/h1-13H,14H2,(H,24,27). The number of carbonyl (C=O) groups excluding carboxylic acids is 1. The Kier molecular flexibility index (Phi) is 5.54. The molecule has 1 aromatic heterocycles. The molecule has 0 aliphatic rings. The van der Waals surface area contributed by atoms with Gasteiger partial charge in [0.1, 0.15) is 5.75 Å². The first-order chi connectivity index (χ1) is 14.2. The number of halogens is 1. The Hall–Kier alpha value is -3.64. The van der Waals surface area contributed by atoms with Crippen molar-refractivity contribution in [2.24, 2.45) is 0 Å². The summed E-state index contributed by atoms with van der Waals surface area (Å²) < 4.78 is 11.0. The Morgan fingerprint density at radius 2 is 1.79 bits per heavy atom. The molecule has 0 spiro atoms. The maximum absolute atomic E-state index is 12.7. The Balaban J connectivity index is 1.46. The lowest BCUT2D eigenvalue weighted by atomic mass is 10.2. The van der Waals surface area contributed by atoms with Crippen LogP contribution in [0.3, 0.4) is 0 Å². The molecule has 0 saturated heterocycles. The second kappa shape index (κ2) is 8.58. The molecule has 0 radical (unpaired) electrons. The van der Waals surface area contributed by atoms with E-state index in [0.29, 0.717) is 33.7 Å². The van der Waals surface area contributed by atoms with Crippen molar-refractivity contribution in [3.8, 4) is 17.1 Å². The van der Waals surface area contributed by atoms with Gasteiger partial charge in [-0.1, -0.05) is 65.3 Å². The van der Waals surface area contributed by atoms with Crippen LogP contribution in [0.5, 0.6) is 5.75 Å². The van der Waals surface area contributed by atoms with Crippen molar-refractivity contribution >= 4 is 23.2 Å². The van der Waals surface area contributed by atoms with Crippen molar-refractivity contribution in [3.63, 3.8) is 0 Å². The maximum atomic E-state index is 12.7. The van der Waals surface area contributed by atoms with E-state index in [1.54, 1.807) is 48.5 Å². The number of amides is 1. The lowest BCUT2D eigenvalue weighted by Crippen LogP contribution is -2.13. The number of carbonyl (C=O) groups is 1. The summed E-state index contributed by atoms with van der Waals surface area (Å²) in [6.07, 6.45) is 0.